The highest BCUT2D eigenvalue weighted by Crippen LogP contribution is 2.44. The molecule has 4 aliphatic rings. The van der Waals surface area contributed by atoms with Crippen LogP contribution in [0.3, 0.4) is 0 Å². The summed E-state index contributed by atoms with van der Waals surface area (Å²) in [5.41, 5.74) is 0.877. The first kappa shape index (κ1) is 21.2. The molecule has 2 aliphatic carbocycles. The second-order valence-corrected chi connectivity index (χ2v) is 9.82. The van der Waals surface area contributed by atoms with E-state index in [4.69, 9.17) is 0 Å². The van der Waals surface area contributed by atoms with Gasteiger partial charge >= 0.3 is 0 Å². The zero-order valence-electron chi connectivity index (χ0n) is 18.3. The van der Waals surface area contributed by atoms with E-state index in [0.29, 0.717) is 29.4 Å². The van der Waals surface area contributed by atoms with Gasteiger partial charge in [0, 0.05) is 31.0 Å². The van der Waals surface area contributed by atoms with Gasteiger partial charge < -0.3 is 10.6 Å². The zero-order chi connectivity index (χ0) is 22.2. The van der Waals surface area contributed by atoms with E-state index < -0.39 is 0 Å². The van der Waals surface area contributed by atoms with Crippen LogP contribution >= 0.6 is 0 Å². The van der Waals surface area contributed by atoms with Crippen LogP contribution in [0.2, 0.25) is 0 Å². The van der Waals surface area contributed by atoms with Crippen molar-refractivity contribution in [2.45, 2.75) is 69.9 Å². The van der Waals surface area contributed by atoms with E-state index in [1.807, 2.05) is 0 Å². The standard InChI is InChI=1S/C25H31N3O4/c29-22(10-5-13-28-24(31)19-8-3-4-9-20(19)25(28)32)26-15-11-12-17-16-6-1-2-7-18(16)23(30)27-21(17)14-15/h3-4,8-9,15-18,21H,1-2,5-7,10-14H2,(H,26,29)(H,27,30). The summed E-state index contributed by atoms with van der Waals surface area (Å²) in [7, 11) is 0. The molecular weight excluding hydrogens is 406 g/mol. The highest BCUT2D eigenvalue weighted by atomic mass is 16.2. The molecule has 0 aromatic heterocycles. The second kappa shape index (κ2) is 8.68. The van der Waals surface area contributed by atoms with Crippen LogP contribution in [-0.2, 0) is 9.59 Å². The third-order valence-corrected chi connectivity index (χ3v) is 7.97. The quantitative estimate of drug-likeness (QED) is 0.693. The Morgan fingerprint density at radius 3 is 2.44 bits per heavy atom. The number of rotatable bonds is 5. The van der Waals surface area contributed by atoms with Gasteiger partial charge in [-0.25, -0.2) is 0 Å². The minimum atomic E-state index is -0.279. The van der Waals surface area contributed by atoms with Gasteiger partial charge in [-0.2, -0.15) is 0 Å². The van der Waals surface area contributed by atoms with Crippen molar-refractivity contribution in [3.05, 3.63) is 35.4 Å². The molecule has 32 heavy (non-hydrogen) atoms. The fourth-order valence-electron chi connectivity index (χ4n) is 6.43. The molecule has 3 fully saturated rings. The van der Waals surface area contributed by atoms with Crippen LogP contribution in [0.25, 0.3) is 0 Å². The number of hydrogen-bond donors (Lipinski definition) is 2. The van der Waals surface area contributed by atoms with Crippen LogP contribution in [-0.4, -0.2) is 47.2 Å². The molecule has 0 spiro atoms. The van der Waals surface area contributed by atoms with Gasteiger partial charge in [-0.05, 0) is 62.5 Å². The summed E-state index contributed by atoms with van der Waals surface area (Å²) in [4.78, 5) is 51.2. The number of imide groups is 1. The predicted molar refractivity (Wildman–Crippen MR) is 118 cm³/mol. The molecule has 2 saturated carbocycles. The van der Waals surface area contributed by atoms with Crippen LogP contribution < -0.4 is 10.6 Å². The van der Waals surface area contributed by atoms with Crippen LogP contribution in [0.4, 0.5) is 0 Å². The Labute approximate surface area is 188 Å². The lowest BCUT2D eigenvalue weighted by atomic mass is 9.63. The van der Waals surface area contributed by atoms with E-state index in [9.17, 15) is 19.2 Å². The van der Waals surface area contributed by atoms with Crippen LogP contribution in [0.15, 0.2) is 24.3 Å². The average Bonchev–Trinajstić information content (AvgIpc) is 3.04. The van der Waals surface area contributed by atoms with Gasteiger partial charge in [0.25, 0.3) is 11.8 Å². The summed E-state index contributed by atoms with van der Waals surface area (Å²) in [5.74, 6) is 0.848. The summed E-state index contributed by atoms with van der Waals surface area (Å²) in [5, 5.41) is 6.37. The zero-order valence-corrected chi connectivity index (χ0v) is 18.3. The number of piperidine rings is 1. The average molecular weight is 438 g/mol. The van der Waals surface area contributed by atoms with E-state index in [-0.39, 0.29) is 54.6 Å². The number of nitrogens with one attached hydrogen (secondary N) is 2. The molecular formula is C25H31N3O4. The smallest absolute Gasteiger partial charge is 0.261 e. The molecule has 2 heterocycles. The van der Waals surface area contributed by atoms with Gasteiger partial charge in [-0.3, -0.25) is 24.1 Å². The number of carbonyl (C=O) groups is 4. The number of amides is 4. The molecule has 0 bridgehead atoms. The van der Waals surface area contributed by atoms with Crippen molar-refractivity contribution in [3.63, 3.8) is 0 Å². The van der Waals surface area contributed by atoms with Crippen molar-refractivity contribution in [2.75, 3.05) is 6.54 Å². The minimum absolute atomic E-state index is 0.0530. The molecule has 170 valence electrons. The third kappa shape index (κ3) is 3.82. The Morgan fingerprint density at radius 1 is 0.969 bits per heavy atom. The molecule has 4 amide bonds. The predicted octanol–water partition coefficient (Wildman–Crippen LogP) is 2.65. The van der Waals surface area contributed by atoms with E-state index in [1.54, 1.807) is 24.3 Å². The topological polar surface area (TPSA) is 95.6 Å². The number of fused-ring (bicyclic) bond motifs is 4. The summed E-state index contributed by atoms with van der Waals surface area (Å²) in [6, 6.07) is 7.07. The lowest BCUT2D eigenvalue weighted by Gasteiger charge is -2.49. The first-order valence-electron chi connectivity index (χ1n) is 12.1. The highest BCUT2D eigenvalue weighted by Gasteiger charge is 2.46. The Balaban J connectivity index is 1.09. The molecule has 5 atom stereocenters. The molecule has 2 aliphatic heterocycles. The number of carbonyl (C=O) groups excluding carboxylic acids is 4. The molecule has 7 nitrogen and oxygen atoms in total. The second-order valence-electron chi connectivity index (χ2n) is 9.82. The molecule has 5 rings (SSSR count). The van der Waals surface area contributed by atoms with E-state index in [0.717, 1.165) is 38.5 Å². The van der Waals surface area contributed by atoms with E-state index in [2.05, 4.69) is 10.6 Å². The molecule has 5 unspecified atom stereocenters. The van der Waals surface area contributed by atoms with Crippen molar-refractivity contribution in [1.29, 1.82) is 0 Å². The SMILES string of the molecule is O=C(CCCN1C(=O)c2ccccc2C1=O)NC1CCC2C(C1)NC(=O)C1CCCCC12. The van der Waals surface area contributed by atoms with E-state index in [1.165, 1.54) is 11.3 Å². The molecule has 7 heteroatoms. The maximum absolute atomic E-state index is 12.6. The molecule has 1 saturated heterocycles. The molecule has 1 aromatic carbocycles. The largest absolute Gasteiger partial charge is 0.353 e. The molecule has 1 aromatic rings. The maximum Gasteiger partial charge on any atom is 0.261 e. The molecule has 0 radical (unpaired) electrons. The minimum Gasteiger partial charge on any atom is -0.353 e. The summed E-state index contributed by atoms with van der Waals surface area (Å²) in [6.45, 7) is 0.244. The lowest BCUT2D eigenvalue weighted by Crippen LogP contribution is -2.59. The van der Waals surface area contributed by atoms with Crippen LogP contribution in [0.5, 0.6) is 0 Å². The Hall–Kier alpha value is -2.70. The molecule has 2 N–H and O–H groups in total. The number of nitrogens with zero attached hydrogens (tertiary/aromatic N) is 1. The van der Waals surface area contributed by atoms with Gasteiger partial charge in [0.05, 0.1) is 11.1 Å². The normalized spacial score (nSPS) is 31.4. The fourth-order valence-corrected chi connectivity index (χ4v) is 6.43. The van der Waals surface area contributed by atoms with Gasteiger partial charge in [0.1, 0.15) is 0 Å². The van der Waals surface area contributed by atoms with Crippen molar-refractivity contribution in [1.82, 2.24) is 15.5 Å². The Morgan fingerprint density at radius 2 is 1.69 bits per heavy atom. The third-order valence-electron chi connectivity index (χ3n) is 7.97. The summed E-state index contributed by atoms with van der Waals surface area (Å²) >= 11 is 0. The van der Waals surface area contributed by atoms with Gasteiger partial charge in [0.2, 0.25) is 11.8 Å². The van der Waals surface area contributed by atoms with Gasteiger partial charge in [-0.1, -0.05) is 25.0 Å². The van der Waals surface area contributed by atoms with Gasteiger partial charge in [0.15, 0.2) is 0 Å². The van der Waals surface area contributed by atoms with Crippen molar-refractivity contribution in [3.8, 4) is 0 Å². The van der Waals surface area contributed by atoms with Crippen LogP contribution in [0.1, 0.15) is 78.5 Å². The summed E-state index contributed by atoms with van der Waals surface area (Å²) < 4.78 is 0. The van der Waals surface area contributed by atoms with Gasteiger partial charge in [-0.15, -0.1) is 0 Å². The van der Waals surface area contributed by atoms with Crippen molar-refractivity contribution in [2.24, 2.45) is 17.8 Å². The first-order chi connectivity index (χ1) is 15.5. The number of benzene rings is 1. The van der Waals surface area contributed by atoms with Crippen LogP contribution in [0, 0.1) is 17.8 Å². The monoisotopic (exact) mass is 437 g/mol. The Bertz CT molecular complexity index is 910. The first-order valence-corrected chi connectivity index (χ1v) is 12.1. The highest BCUT2D eigenvalue weighted by molar-refractivity contribution is 6.21. The Kier molecular flexibility index (Phi) is 5.74. The fraction of sp³-hybridized carbons (Fsp3) is 0.600. The maximum atomic E-state index is 12.6. The van der Waals surface area contributed by atoms with Crippen molar-refractivity contribution < 1.29 is 19.2 Å². The number of hydrogen-bond acceptors (Lipinski definition) is 4. The van der Waals surface area contributed by atoms with Crippen molar-refractivity contribution >= 4 is 23.6 Å². The lowest BCUT2D eigenvalue weighted by molar-refractivity contribution is -0.135. The summed E-state index contributed by atoms with van der Waals surface area (Å²) in [6.07, 6.45) is 8.07. The van der Waals surface area contributed by atoms with E-state index >= 15 is 0 Å².